The summed E-state index contributed by atoms with van der Waals surface area (Å²) < 4.78 is 5.90. The minimum absolute atomic E-state index is 0.0128. The molecule has 1 heterocycles. The number of hydrogen-bond donors (Lipinski definition) is 3. The number of aromatic nitrogens is 2. The minimum atomic E-state index is -0.661. The second kappa shape index (κ2) is 3.41. The zero-order valence-electron chi connectivity index (χ0n) is 7.73. The van der Waals surface area contributed by atoms with Crippen LogP contribution in [0.25, 0.3) is 5.69 Å². The van der Waals surface area contributed by atoms with Gasteiger partial charge in [0.25, 0.3) is 0 Å². The van der Waals surface area contributed by atoms with Crippen molar-refractivity contribution in [3.63, 3.8) is 0 Å². The number of hydrogen-bond acceptors (Lipinski definition) is 3. The first kappa shape index (κ1) is 9.20. The number of nitrogen functional groups attached to an aromatic ring is 1. The van der Waals surface area contributed by atoms with Crippen molar-refractivity contribution in [2.75, 3.05) is 0 Å². The van der Waals surface area contributed by atoms with E-state index in [0.717, 1.165) is 0 Å². The Morgan fingerprint density at radius 3 is 2.67 bits per heavy atom. The van der Waals surface area contributed by atoms with E-state index in [2.05, 4.69) is 9.79 Å². The third-order valence-electron chi connectivity index (χ3n) is 1.92. The molecule has 2 rings (SSSR count). The van der Waals surface area contributed by atoms with Crippen molar-refractivity contribution in [1.82, 2.24) is 5.27 Å². The molecule has 0 spiro atoms. The third-order valence-corrected chi connectivity index (χ3v) is 1.92. The van der Waals surface area contributed by atoms with Crippen molar-refractivity contribution >= 4 is 5.84 Å². The maximum atomic E-state index is 11.2. The highest BCUT2D eigenvalue weighted by molar-refractivity contribution is 5.91. The van der Waals surface area contributed by atoms with Crippen molar-refractivity contribution in [2.24, 2.45) is 5.73 Å². The highest BCUT2D eigenvalue weighted by Gasteiger charge is 2.25. The molecule has 0 saturated heterocycles. The van der Waals surface area contributed by atoms with Gasteiger partial charge in [-0.05, 0) is 9.95 Å². The van der Waals surface area contributed by atoms with Gasteiger partial charge in [0, 0.05) is 12.1 Å². The van der Waals surface area contributed by atoms with Gasteiger partial charge in [0.2, 0.25) is 5.69 Å². The van der Waals surface area contributed by atoms with Crippen molar-refractivity contribution in [3.05, 3.63) is 46.4 Å². The first-order chi connectivity index (χ1) is 7.20. The predicted molar refractivity (Wildman–Crippen MR) is 51.9 cm³/mol. The molecule has 6 nitrogen and oxygen atoms in total. The summed E-state index contributed by atoms with van der Waals surface area (Å²) in [7, 11) is 0. The Labute approximate surface area is 84.4 Å². The Bertz CT molecular complexity index is 541. The molecule has 0 unspecified atom stereocenters. The van der Waals surface area contributed by atoms with Crippen molar-refractivity contribution < 1.29 is 9.20 Å². The van der Waals surface area contributed by atoms with Crippen LogP contribution in [0.3, 0.4) is 0 Å². The average Bonchev–Trinajstić information content (AvgIpc) is 2.61. The van der Waals surface area contributed by atoms with Crippen molar-refractivity contribution in [2.45, 2.75) is 0 Å². The summed E-state index contributed by atoms with van der Waals surface area (Å²) in [6.07, 6.45) is 0. The zero-order valence-corrected chi connectivity index (χ0v) is 7.73. The second-order valence-electron chi connectivity index (χ2n) is 2.91. The Morgan fingerprint density at radius 1 is 1.40 bits per heavy atom. The lowest BCUT2D eigenvalue weighted by Crippen LogP contribution is -2.43. The number of benzene rings is 1. The van der Waals surface area contributed by atoms with Crippen LogP contribution in [0.2, 0.25) is 0 Å². The Morgan fingerprint density at radius 2 is 2.07 bits per heavy atom. The lowest BCUT2D eigenvalue weighted by atomic mass is 10.3. The largest absolute Gasteiger partial charge is 0.439 e. The summed E-state index contributed by atoms with van der Waals surface area (Å²) in [5.74, 6) is -0.339. The first-order valence-corrected chi connectivity index (χ1v) is 4.23. The third kappa shape index (κ3) is 1.52. The number of rotatable bonds is 2. The monoisotopic (exact) mass is 205 g/mol. The topological polar surface area (TPSA) is 99.8 Å². The smallest absolute Gasteiger partial charge is 0.378 e. The number of nitrogens with two attached hydrogens (primary N) is 1. The Balaban J connectivity index is 2.65. The van der Waals surface area contributed by atoms with Crippen molar-refractivity contribution in [3.8, 4) is 5.69 Å². The van der Waals surface area contributed by atoms with Crippen LogP contribution in [0.4, 0.5) is 0 Å². The van der Waals surface area contributed by atoms with Crippen LogP contribution in [-0.2, 0) is 0 Å². The Hall–Kier alpha value is -2.37. The highest BCUT2D eigenvalue weighted by atomic mass is 16.5. The molecule has 15 heavy (non-hydrogen) atoms. The van der Waals surface area contributed by atoms with Crippen LogP contribution >= 0.6 is 0 Å². The Kier molecular flexibility index (Phi) is 2.09. The van der Waals surface area contributed by atoms with E-state index in [4.69, 9.17) is 11.1 Å². The summed E-state index contributed by atoms with van der Waals surface area (Å²) >= 11 is 0. The van der Waals surface area contributed by atoms with Gasteiger partial charge in [-0.1, -0.05) is 18.2 Å². The van der Waals surface area contributed by atoms with Crippen LogP contribution in [0, 0.1) is 5.41 Å². The van der Waals surface area contributed by atoms with Gasteiger partial charge in [-0.15, -0.1) is 0 Å². The van der Waals surface area contributed by atoms with Crippen LogP contribution in [0.1, 0.15) is 5.69 Å². The quantitative estimate of drug-likeness (QED) is 0.351. The molecular weight excluding hydrogens is 196 g/mol. The molecule has 0 fully saturated rings. The molecule has 0 radical (unpaired) electrons. The molecule has 6 heteroatoms. The van der Waals surface area contributed by atoms with Gasteiger partial charge in [0.15, 0.2) is 5.84 Å². The van der Waals surface area contributed by atoms with Crippen molar-refractivity contribution in [1.29, 1.82) is 5.41 Å². The summed E-state index contributed by atoms with van der Waals surface area (Å²) in [4.78, 5) is 11.2. The molecule has 76 valence electrons. The number of nitrogens with zero attached hydrogens (tertiary/aromatic N) is 1. The molecule has 0 saturated carbocycles. The van der Waals surface area contributed by atoms with E-state index in [0.29, 0.717) is 5.69 Å². The fourth-order valence-electron chi connectivity index (χ4n) is 1.26. The molecule has 0 aliphatic carbocycles. The number of aromatic amines is 1. The maximum absolute atomic E-state index is 11.2. The van der Waals surface area contributed by atoms with E-state index in [1.54, 1.807) is 24.3 Å². The van der Waals surface area contributed by atoms with Gasteiger partial charge < -0.3 is 5.73 Å². The van der Waals surface area contributed by atoms with Gasteiger partial charge in [-0.2, -0.15) is 0 Å². The highest BCUT2D eigenvalue weighted by Crippen LogP contribution is 1.96. The fourth-order valence-corrected chi connectivity index (χ4v) is 1.26. The zero-order chi connectivity index (χ0) is 10.8. The first-order valence-electron chi connectivity index (χ1n) is 4.23. The SMILES string of the molecule is N=C(N)c1c(=O)o[nH][n+]1-c1ccccc1. The van der Waals surface area contributed by atoms with Gasteiger partial charge in [0.1, 0.15) is 0 Å². The molecule has 0 amide bonds. The number of nitrogens with one attached hydrogen (secondary N) is 2. The lowest BCUT2D eigenvalue weighted by Gasteiger charge is -1.90. The van der Waals surface area contributed by atoms with Gasteiger partial charge in [-0.3, -0.25) is 9.93 Å². The molecule has 0 aliphatic rings. The summed E-state index contributed by atoms with van der Waals surface area (Å²) in [6, 6.07) is 8.97. The van der Waals surface area contributed by atoms with E-state index < -0.39 is 5.63 Å². The number of para-hydroxylation sites is 1. The summed E-state index contributed by atoms with van der Waals surface area (Å²) in [5, 5.41) is 9.64. The van der Waals surface area contributed by atoms with E-state index in [9.17, 15) is 4.79 Å². The molecule has 0 aliphatic heterocycles. The molecule has 0 atom stereocenters. The molecule has 1 aromatic heterocycles. The van der Waals surface area contributed by atoms with Crippen LogP contribution in [0.5, 0.6) is 0 Å². The second-order valence-corrected chi connectivity index (χ2v) is 2.91. The average molecular weight is 205 g/mol. The molecular formula is C9H9N4O2+. The standard InChI is InChI=1S/C9H8N4O2/c10-8(11)7-9(14)15-12-13(7)6-4-2-1-3-5-6/h1-5H,(H3-,10,11,12,14)/p+1. The number of H-pyrrole nitrogens is 1. The van der Waals surface area contributed by atoms with Gasteiger partial charge in [0.05, 0.1) is 0 Å². The molecule has 2 aromatic rings. The summed E-state index contributed by atoms with van der Waals surface area (Å²) in [5.41, 5.74) is 5.28. The van der Waals surface area contributed by atoms with Crippen LogP contribution in [-0.4, -0.2) is 11.1 Å². The lowest BCUT2D eigenvalue weighted by molar-refractivity contribution is -0.671. The summed E-state index contributed by atoms with van der Waals surface area (Å²) in [6.45, 7) is 0. The van der Waals surface area contributed by atoms with E-state index in [-0.39, 0.29) is 11.5 Å². The van der Waals surface area contributed by atoms with E-state index in [1.165, 1.54) is 4.68 Å². The fraction of sp³-hybridized carbons (Fsp3) is 0. The van der Waals surface area contributed by atoms with Gasteiger partial charge in [-0.25, -0.2) is 4.79 Å². The molecule has 0 bridgehead atoms. The van der Waals surface area contributed by atoms with Crippen LogP contribution < -0.4 is 16.0 Å². The van der Waals surface area contributed by atoms with E-state index >= 15 is 0 Å². The normalized spacial score (nSPS) is 10.1. The number of amidine groups is 1. The molecule has 4 N–H and O–H groups in total. The van der Waals surface area contributed by atoms with E-state index in [1.807, 2.05) is 6.07 Å². The van der Waals surface area contributed by atoms with Crippen LogP contribution in [0.15, 0.2) is 39.6 Å². The maximum Gasteiger partial charge on any atom is 0.439 e. The van der Waals surface area contributed by atoms with Gasteiger partial charge >= 0.3 is 11.3 Å². The minimum Gasteiger partial charge on any atom is -0.378 e. The predicted octanol–water partition coefficient (Wildman–Crippen LogP) is -0.471. The molecule has 1 aromatic carbocycles.